The molecule has 0 spiro atoms. The van der Waals surface area contributed by atoms with Crippen molar-refractivity contribution >= 4 is 5.78 Å². The van der Waals surface area contributed by atoms with Crippen molar-refractivity contribution in [2.24, 2.45) is 22.7 Å². The largest absolute Gasteiger partial charge is 0.390 e. The predicted octanol–water partition coefficient (Wildman–Crippen LogP) is 3.89. The van der Waals surface area contributed by atoms with E-state index in [-0.39, 0.29) is 22.5 Å². The SMILES string of the molecule is C=C[C@@]1(C)CC(=O)[C@@H]2[C@@]3(C)CCCC(C)(C)[C@@H]3C[C@@H](O)[C@@]2(C)O1. The number of rotatable bonds is 1. The standard InChI is InChI=1S/C20H32O3/c1-7-18(4)12-13(21)16-19(5)10-8-9-17(2,3)14(19)11-15(22)20(16,6)23-18/h7,14-16,22H,1,8-12H2,2-6H3/t14-,15+,16+,18-,19-,20+/m0/s1. The van der Waals surface area contributed by atoms with Crippen LogP contribution in [0.5, 0.6) is 0 Å². The quantitative estimate of drug-likeness (QED) is 0.746. The lowest BCUT2D eigenvalue weighted by Crippen LogP contribution is -2.70. The van der Waals surface area contributed by atoms with Crippen LogP contribution in [0.25, 0.3) is 0 Å². The average Bonchev–Trinajstić information content (AvgIpc) is 2.40. The minimum atomic E-state index is -0.809. The summed E-state index contributed by atoms with van der Waals surface area (Å²) < 4.78 is 6.39. The van der Waals surface area contributed by atoms with Crippen LogP contribution < -0.4 is 0 Å². The zero-order valence-corrected chi connectivity index (χ0v) is 15.3. The Bertz CT molecular complexity index is 539. The van der Waals surface area contributed by atoms with Crippen LogP contribution in [-0.4, -0.2) is 28.2 Å². The summed E-state index contributed by atoms with van der Waals surface area (Å²) in [6.45, 7) is 14.6. The van der Waals surface area contributed by atoms with Crippen LogP contribution in [0.1, 0.15) is 66.7 Å². The normalized spacial score (nSPS) is 52.4. The summed E-state index contributed by atoms with van der Waals surface area (Å²) in [5.41, 5.74) is -1.41. The second-order valence-corrected chi connectivity index (χ2v) is 9.53. The van der Waals surface area contributed by atoms with Crippen LogP contribution in [0.15, 0.2) is 12.7 Å². The third-order valence-corrected chi connectivity index (χ3v) is 7.36. The molecule has 0 aromatic carbocycles. The number of carbonyl (C=O) groups excluding carboxylic acids is 1. The van der Waals surface area contributed by atoms with E-state index in [0.29, 0.717) is 12.3 Å². The summed E-state index contributed by atoms with van der Waals surface area (Å²) in [6.07, 6.45) is 5.57. The maximum absolute atomic E-state index is 13.2. The minimum Gasteiger partial charge on any atom is -0.390 e. The fourth-order valence-corrected chi connectivity index (χ4v) is 6.32. The number of aliphatic hydroxyl groups excluding tert-OH is 1. The molecule has 0 amide bonds. The first kappa shape index (κ1) is 17.2. The monoisotopic (exact) mass is 320 g/mol. The van der Waals surface area contributed by atoms with Gasteiger partial charge in [-0.25, -0.2) is 0 Å². The average molecular weight is 320 g/mol. The van der Waals surface area contributed by atoms with Crippen molar-refractivity contribution in [2.75, 3.05) is 0 Å². The van der Waals surface area contributed by atoms with E-state index in [4.69, 9.17) is 4.74 Å². The molecule has 1 saturated heterocycles. The first-order chi connectivity index (χ1) is 10.5. The number of Topliss-reactive ketones (excluding diaryl/α,β-unsaturated/α-hetero) is 1. The van der Waals surface area contributed by atoms with E-state index in [0.717, 1.165) is 19.3 Å². The van der Waals surface area contributed by atoms with Gasteiger partial charge in [-0.3, -0.25) is 4.79 Å². The van der Waals surface area contributed by atoms with E-state index in [1.165, 1.54) is 6.42 Å². The Morgan fingerprint density at radius 3 is 2.48 bits per heavy atom. The van der Waals surface area contributed by atoms with Crippen LogP contribution in [0.4, 0.5) is 0 Å². The molecule has 6 atom stereocenters. The number of fused-ring (bicyclic) bond motifs is 3. The molecule has 1 aliphatic heterocycles. The molecule has 0 unspecified atom stereocenters. The van der Waals surface area contributed by atoms with Gasteiger partial charge in [0.1, 0.15) is 11.4 Å². The highest BCUT2D eigenvalue weighted by Gasteiger charge is 2.67. The molecule has 0 aromatic heterocycles. The second kappa shape index (κ2) is 4.92. The van der Waals surface area contributed by atoms with E-state index >= 15 is 0 Å². The Balaban J connectivity index is 2.09. The number of ketones is 1. The lowest BCUT2D eigenvalue weighted by Gasteiger charge is -2.65. The van der Waals surface area contributed by atoms with Crippen molar-refractivity contribution in [1.29, 1.82) is 0 Å². The van der Waals surface area contributed by atoms with E-state index in [1.54, 1.807) is 6.08 Å². The number of aliphatic hydroxyl groups is 1. The highest BCUT2D eigenvalue weighted by atomic mass is 16.5. The third-order valence-electron chi connectivity index (χ3n) is 7.36. The molecule has 3 heteroatoms. The van der Waals surface area contributed by atoms with Gasteiger partial charge in [0.25, 0.3) is 0 Å². The summed E-state index contributed by atoms with van der Waals surface area (Å²) in [5.74, 6) is 0.374. The molecule has 3 aliphatic rings. The second-order valence-electron chi connectivity index (χ2n) is 9.53. The van der Waals surface area contributed by atoms with Crippen molar-refractivity contribution in [3.63, 3.8) is 0 Å². The highest BCUT2D eigenvalue weighted by molar-refractivity contribution is 5.85. The van der Waals surface area contributed by atoms with Gasteiger partial charge in [-0.1, -0.05) is 33.3 Å². The van der Waals surface area contributed by atoms with Gasteiger partial charge in [-0.05, 0) is 49.9 Å². The molecule has 2 saturated carbocycles. The van der Waals surface area contributed by atoms with Gasteiger partial charge in [0.05, 0.1) is 17.6 Å². The molecule has 1 heterocycles. The topological polar surface area (TPSA) is 46.5 Å². The van der Waals surface area contributed by atoms with Crippen LogP contribution in [0.3, 0.4) is 0 Å². The summed E-state index contributed by atoms with van der Waals surface area (Å²) in [6, 6.07) is 0. The highest BCUT2D eigenvalue weighted by Crippen LogP contribution is 2.64. The van der Waals surface area contributed by atoms with Gasteiger partial charge in [0, 0.05) is 6.42 Å². The van der Waals surface area contributed by atoms with Crippen molar-refractivity contribution in [2.45, 2.75) is 84.0 Å². The minimum absolute atomic E-state index is 0.0880. The molecule has 0 radical (unpaired) electrons. The lowest BCUT2D eigenvalue weighted by atomic mass is 9.43. The molecule has 0 bridgehead atoms. The zero-order valence-electron chi connectivity index (χ0n) is 15.3. The molecule has 2 aliphatic carbocycles. The summed E-state index contributed by atoms with van der Waals surface area (Å²) >= 11 is 0. The molecule has 23 heavy (non-hydrogen) atoms. The Kier molecular flexibility index (Phi) is 3.67. The molecule has 1 N–H and O–H groups in total. The number of carbonyl (C=O) groups is 1. The zero-order chi connectivity index (χ0) is 17.3. The number of hydrogen-bond acceptors (Lipinski definition) is 3. The smallest absolute Gasteiger partial charge is 0.142 e. The number of ether oxygens (including phenoxy) is 1. The number of hydrogen-bond donors (Lipinski definition) is 1. The van der Waals surface area contributed by atoms with Crippen molar-refractivity contribution in [3.8, 4) is 0 Å². The fourth-order valence-electron chi connectivity index (χ4n) is 6.32. The Hall–Kier alpha value is -0.670. The van der Waals surface area contributed by atoms with E-state index in [9.17, 15) is 9.90 Å². The van der Waals surface area contributed by atoms with Crippen molar-refractivity contribution in [3.05, 3.63) is 12.7 Å². The molecule has 3 nitrogen and oxygen atoms in total. The van der Waals surface area contributed by atoms with Gasteiger partial charge >= 0.3 is 0 Å². The van der Waals surface area contributed by atoms with Gasteiger partial charge in [0.15, 0.2) is 0 Å². The van der Waals surface area contributed by atoms with Gasteiger partial charge < -0.3 is 9.84 Å². The van der Waals surface area contributed by atoms with E-state index < -0.39 is 17.3 Å². The third kappa shape index (κ3) is 2.26. The summed E-state index contributed by atoms with van der Waals surface area (Å²) in [7, 11) is 0. The fraction of sp³-hybridized carbons (Fsp3) is 0.850. The predicted molar refractivity (Wildman–Crippen MR) is 91.1 cm³/mol. The molecule has 0 aromatic rings. The van der Waals surface area contributed by atoms with Crippen molar-refractivity contribution < 1.29 is 14.6 Å². The molecule has 130 valence electrons. The Labute approximate surface area is 140 Å². The summed E-state index contributed by atoms with van der Waals surface area (Å²) in [4.78, 5) is 13.2. The van der Waals surface area contributed by atoms with Crippen LogP contribution in [0.2, 0.25) is 0 Å². The van der Waals surface area contributed by atoms with Crippen LogP contribution in [-0.2, 0) is 9.53 Å². The van der Waals surface area contributed by atoms with E-state index in [1.807, 2.05) is 13.8 Å². The molecule has 3 rings (SSSR count). The van der Waals surface area contributed by atoms with Crippen LogP contribution in [0, 0.1) is 22.7 Å². The van der Waals surface area contributed by atoms with Gasteiger partial charge in [-0.15, -0.1) is 6.58 Å². The first-order valence-corrected chi connectivity index (χ1v) is 9.03. The Morgan fingerprint density at radius 1 is 1.22 bits per heavy atom. The maximum Gasteiger partial charge on any atom is 0.142 e. The van der Waals surface area contributed by atoms with Gasteiger partial charge in [0.2, 0.25) is 0 Å². The van der Waals surface area contributed by atoms with E-state index in [2.05, 4.69) is 27.4 Å². The van der Waals surface area contributed by atoms with Gasteiger partial charge in [-0.2, -0.15) is 0 Å². The molecular weight excluding hydrogens is 288 g/mol. The first-order valence-electron chi connectivity index (χ1n) is 9.03. The maximum atomic E-state index is 13.2. The summed E-state index contributed by atoms with van der Waals surface area (Å²) in [5, 5.41) is 11.0. The molecule has 3 fully saturated rings. The lowest BCUT2D eigenvalue weighted by molar-refractivity contribution is -0.275. The Morgan fingerprint density at radius 2 is 1.87 bits per heavy atom. The molecular formula is C20H32O3. The van der Waals surface area contributed by atoms with Crippen LogP contribution >= 0.6 is 0 Å². The van der Waals surface area contributed by atoms with Crippen molar-refractivity contribution in [1.82, 2.24) is 0 Å².